The topological polar surface area (TPSA) is 19.6 Å². The highest BCUT2D eigenvalue weighted by Crippen LogP contribution is 2.48. The van der Waals surface area contributed by atoms with Gasteiger partial charge in [0.2, 0.25) is 0 Å². The molecule has 13 rings (SSSR count). The average molecular weight is 907 g/mol. The summed E-state index contributed by atoms with van der Waals surface area (Å²) in [6.07, 6.45) is 0. The molecule has 0 aliphatic carbocycles. The highest BCUT2D eigenvalue weighted by atomic mass is 16.3. The molecule has 0 amide bonds. The lowest BCUT2D eigenvalue weighted by atomic mass is 9.96. The monoisotopic (exact) mass is 906 g/mol. The van der Waals surface area contributed by atoms with E-state index in [0.717, 1.165) is 78.3 Å². The summed E-state index contributed by atoms with van der Waals surface area (Å²) in [6, 6.07) is 101. The Labute approximate surface area is 413 Å². The third-order valence-corrected chi connectivity index (χ3v) is 13.8. The number of para-hydroxylation sites is 3. The summed E-state index contributed by atoms with van der Waals surface area (Å²) >= 11 is 0. The van der Waals surface area contributed by atoms with Gasteiger partial charge in [-0.2, -0.15) is 0 Å². The first-order valence-electron chi connectivity index (χ1n) is 24.2. The predicted molar refractivity (Wildman–Crippen MR) is 300 cm³/mol. The molecule has 1 heterocycles. The summed E-state index contributed by atoms with van der Waals surface area (Å²) in [5, 5.41) is 7.14. The quantitative estimate of drug-likeness (QED) is 0.136. The maximum absolute atomic E-state index is 6.55. The number of hydrogen-bond donors (Lipinski definition) is 0. The van der Waals surface area contributed by atoms with E-state index in [4.69, 9.17) is 4.42 Å². The first kappa shape index (κ1) is 41.7. The molecule has 0 bridgehead atoms. The molecule has 1 aromatic heterocycles. The Hall–Kier alpha value is -9.44. The van der Waals surface area contributed by atoms with Gasteiger partial charge in [0, 0.05) is 50.7 Å². The molecule has 0 unspecified atom stereocenters. The van der Waals surface area contributed by atoms with E-state index in [9.17, 15) is 0 Å². The van der Waals surface area contributed by atoms with Crippen LogP contribution in [-0.4, -0.2) is 0 Å². The van der Waals surface area contributed by atoms with Crippen molar-refractivity contribution < 1.29 is 4.42 Å². The molecule has 3 heteroatoms. The van der Waals surface area contributed by atoms with Gasteiger partial charge in [0.25, 0.3) is 0 Å². The largest absolute Gasteiger partial charge is 0.456 e. The summed E-state index contributed by atoms with van der Waals surface area (Å²) in [5.41, 5.74) is 17.2. The van der Waals surface area contributed by atoms with E-state index >= 15 is 0 Å². The van der Waals surface area contributed by atoms with Gasteiger partial charge in [-0.3, -0.25) is 0 Å². The Bertz CT molecular complexity index is 4050. The Balaban J connectivity index is 0.980. The van der Waals surface area contributed by atoms with Gasteiger partial charge in [0.15, 0.2) is 0 Å². The minimum Gasteiger partial charge on any atom is -0.456 e. The molecule has 0 spiro atoms. The zero-order valence-corrected chi connectivity index (χ0v) is 38.9. The first-order chi connectivity index (χ1) is 35.2. The molecule has 0 fully saturated rings. The molecule has 0 aliphatic heterocycles. The highest BCUT2D eigenvalue weighted by Gasteiger charge is 2.24. The van der Waals surface area contributed by atoms with Crippen molar-refractivity contribution in [3.8, 4) is 44.5 Å². The number of furan rings is 1. The molecule has 0 saturated carbocycles. The second kappa shape index (κ2) is 17.9. The van der Waals surface area contributed by atoms with Gasteiger partial charge < -0.3 is 14.2 Å². The van der Waals surface area contributed by atoms with Crippen LogP contribution >= 0.6 is 0 Å². The second-order valence-electron chi connectivity index (χ2n) is 18.1. The fraction of sp³-hybridized carbons (Fsp3) is 0. The minimum absolute atomic E-state index is 0.844. The second-order valence-corrected chi connectivity index (χ2v) is 18.1. The molecule has 334 valence electrons. The lowest BCUT2D eigenvalue weighted by molar-refractivity contribution is 0.669. The van der Waals surface area contributed by atoms with Gasteiger partial charge in [0.05, 0.1) is 11.4 Å². The lowest BCUT2D eigenvalue weighted by Gasteiger charge is -2.31. The Morgan fingerprint density at radius 2 is 0.704 bits per heavy atom. The molecule has 12 aromatic carbocycles. The molecule has 71 heavy (non-hydrogen) atoms. The van der Waals surface area contributed by atoms with Crippen LogP contribution in [0.5, 0.6) is 0 Å². The van der Waals surface area contributed by atoms with E-state index in [-0.39, 0.29) is 0 Å². The van der Waals surface area contributed by atoms with Gasteiger partial charge in [-0.1, -0.05) is 200 Å². The number of hydrogen-bond acceptors (Lipinski definition) is 3. The van der Waals surface area contributed by atoms with Gasteiger partial charge in [-0.15, -0.1) is 0 Å². The zero-order chi connectivity index (χ0) is 47.1. The fourth-order valence-electron chi connectivity index (χ4n) is 10.4. The molecule has 0 atom stereocenters. The standard InChI is InChI=1S/C68H46N2O/c1-2-16-47(17-3-1)53-22-14-23-57(45-53)70(58-42-43-64-63-27-10-13-31-67(63)71-68(64)46-58)66-30-12-9-26-62(66)61-25-8-11-29-65(61)69(55-38-34-49(35-39-55)54-33-32-48-18-4-5-20-52(48)44-54)56-40-36-51(37-41-56)60-28-15-21-50-19-6-7-24-59(50)60/h1-46H. The molecule has 3 nitrogen and oxygen atoms in total. The van der Waals surface area contributed by atoms with Crippen molar-refractivity contribution in [3.05, 3.63) is 279 Å². The van der Waals surface area contributed by atoms with Gasteiger partial charge in [-0.25, -0.2) is 0 Å². The average Bonchev–Trinajstić information content (AvgIpc) is 3.82. The maximum Gasteiger partial charge on any atom is 0.137 e. The van der Waals surface area contributed by atoms with E-state index < -0.39 is 0 Å². The number of nitrogens with zero attached hydrogens (tertiary/aromatic N) is 2. The van der Waals surface area contributed by atoms with E-state index in [2.05, 4.69) is 277 Å². The van der Waals surface area contributed by atoms with Crippen molar-refractivity contribution in [3.63, 3.8) is 0 Å². The Morgan fingerprint density at radius 3 is 1.46 bits per heavy atom. The summed E-state index contributed by atoms with van der Waals surface area (Å²) in [4.78, 5) is 4.79. The molecular weight excluding hydrogens is 861 g/mol. The number of fused-ring (bicyclic) bond motifs is 5. The van der Waals surface area contributed by atoms with E-state index in [1.165, 1.54) is 43.8 Å². The SMILES string of the molecule is c1ccc(-c2cccc(N(c3ccc4c(c3)oc3ccccc34)c3ccccc3-c3ccccc3N(c3ccc(-c4ccc5ccccc5c4)cc3)c3ccc(-c4cccc5ccccc45)cc3)c2)cc1. The van der Waals surface area contributed by atoms with Crippen LogP contribution in [-0.2, 0) is 0 Å². The highest BCUT2D eigenvalue weighted by molar-refractivity contribution is 6.07. The van der Waals surface area contributed by atoms with Crippen LogP contribution in [0, 0.1) is 0 Å². The number of anilines is 6. The lowest BCUT2D eigenvalue weighted by Crippen LogP contribution is -2.13. The van der Waals surface area contributed by atoms with Crippen LogP contribution in [0.15, 0.2) is 283 Å². The smallest absolute Gasteiger partial charge is 0.137 e. The normalized spacial score (nSPS) is 11.4. The summed E-state index contributed by atoms with van der Waals surface area (Å²) in [5.74, 6) is 0. The third kappa shape index (κ3) is 7.76. The first-order valence-corrected chi connectivity index (χ1v) is 24.2. The Kier molecular flexibility index (Phi) is 10.5. The summed E-state index contributed by atoms with van der Waals surface area (Å²) in [6.45, 7) is 0. The van der Waals surface area contributed by atoms with Crippen molar-refractivity contribution in [2.24, 2.45) is 0 Å². The van der Waals surface area contributed by atoms with Crippen LogP contribution in [0.2, 0.25) is 0 Å². The van der Waals surface area contributed by atoms with Crippen LogP contribution in [0.4, 0.5) is 34.1 Å². The zero-order valence-electron chi connectivity index (χ0n) is 38.9. The van der Waals surface area contributed by atoms with Crippen molar-refractivity contribution in [1.82, 2.24) is 0 Å². The predicted octanol–water partition coefficient (Wildman–Crippen LogP) is 19.5. The van der Waals surface area contributed by atoms with E-state index in [1.54, 1.807) is 0 Å². The van der Waals surface area contributed by atoms with Crippen LogP contribution in [0.1, 0.15) is 0 Å². The third-order valence-electron chi connectivity index (χ3n) is 13.8. The van der Waals surface area contributed by atoms with Crippen molar-refractivity contribution in [2.45, 2.75) is 0 Å². The summed E-state index contributed by atoms with van der Waals surface area (Å²) in [7, 11) is 0. The molecule has 0 N–H and O–H groups in total. The summed E-state index contributed by atoms with van der Waals surface area (Å²) < 4.78 is 6.55. The van der Waals surface area contributed by atoms with E-state index in [0.29, 0.717) is 0 Å². The molecule has 13 aromatic rings. The molecule has 0 radical (unpaired) electrons. The van der Waals surface area contributed by atoms with Crippen molar-refractivity contribution >= 4 is 77.6 Å². The van der Waals surface area contributed by atoms with E-state index in [1.807, 2.05) is 12.1 Å². The van der Waals surface area contributed by atoms with Crippen LogP contribution in [0.25, 0.3) is 88.0 Å². The Morgan fingerprint density at radius 1 is 0.225 bits per heavy atom. The number of benzene rings is 12. The van der Waals surface area contributed by atoms with Crippen molar-refractivity contribution in [2.75, 3.05) is 9.80 Å². The van der Waals surface area contributed by atoms with Crippen molar-refractivity contribution in [1.29, 1.82) is 0 Å². The van der Waals surface area contributed by atoms with Gasteiger partial charge >= 0.3 is 0 Å². The molecule has 0 aliphatic rings. The van der Waals surface area contributed by atoms with Crippen LogP contribution < -0.4 is 9.80 Å². The molecule has 0 saturated heterocycles. The van der Waals surface area contributed by atoms with Gasteiger partial charge in [-0.05, 0) is 128 Å². The minimum atomic E-state index is 0.844. The fourth-order valence-corrected chi connectivity index (χ4v) is 10.4. The maximum atomic E-state index is 6.55. The molecular formula is C68H46N2O. The van der Waals surface area contributed by atoms with Gasteiger partial charge in [0.1, 0.15) is 11.2 Å². The van der Waals surface area contributed by atoms with Crippen LogP contribution in [0.3, 0.4) is 0 Å². The number of rotatable bonds is 10.